The van der Waals surface area contributed by atoms with Crippen LogP contribution in [-0.2, 0) is 14.3 Å². The van der Waals surface area contributed by atoms with E-state index >= 15 is 0 Å². The highest BCUT2D eigenvalue weighted by atomic mass is 16.6. The maximum Gasteiger partial charge on any atom is 0.408 e. The average Bonchev–Trinajstić information content (AvgIpc) is 2.86. The molecule has 38 heavy (non-hydrogen) atoms. The van der Waals surface area contributed by atoms with Gasteiger partial charge in [-0.25, -0.2) is 4.79 Å². The van der Waals surface area contributed by atoms with Crippen molar-refractivity contribution in [1.82, 2.24) is 10.2 Å². The van der Waals surface area contributed by atoms with Gasteiger partial charge in [-0.3, -0.25) is 9.59 Å². The summed E-state index contributed by atoms with van der Waals surface area (Å²) in [5, 5.41) is 15.0. The van der Waals surface area contributed by atoms with Gasteiger partial charge in [0.2, 0.25) is 5.91 Å². The van der Waals surface area contributed by atoms with Gasteiger partial charge in [-0.2, -0.15) is 5.26 Å². The summed E-state index contributed by atoms with van der Waals surface area (Å²) >= 11 is 0. The molecular formula is C29H34N4O5. The fraction of sp³-hybridized carbons (Fsp3) is 0.379. The summed E-state index contributed by atoms with van der Waals surface area (Å²) in [7, 11) is 1.53. The van der Waals surface area contributed by atoms with Gasteiger partial charge in [-0.15, -0.1) is 6.42 Å². The number of carbonyl (C=O) groups excluding carboxylic acids is 3. The monoisotopic (exact) mass is 518 g/mol. The molecule has 0 aliphatic carbocycles. The third-order valence-electron chi connectivity index (χ3n) is 5.46. The number of terminal acetylenes is 1. The van der Waals surface area contributed by atoms with Crippen LogP contribution < -0.4 is 15.4 Å². The van der Waals surface area contributed by atoms with E-state index in [2.05, 4.69) is 16.6 Å². The zero-order chi connectivity index (χ0) is 28.5. The first-order valence-electron chi connectivity index (χ1n) is 12.1. The number of benzene rings is 2. The fourth-order valence-corrected chi connectivity index (χ4v) is 3.70. The van der Waals surface area contributed by atoms with E-state index in [0.717, 1.165) is 4.90 Å². The lowest BCUT2D eigenvalue weighted by Gasteiger charge is -2.34. The molecule has 0 heterocycles. The molecule has 0 saturated heterocycles. The lowest BCUT2D eigenvalue weighted by atomic mass is 9.96. The molecule has 0 radical (unpaired) electrons. The van der Waals surface area contributed by atoms with Crippen molar-refractivity contribution in [1.29, 1.82) is 5.26 Å². The Labute approximate surface area is 224 Å². The first-order valence-corrected chi connectivity index (χ1v) is 12.1. The summed E-state index contributed by atoms with van der Waals surface area (Å²) < 4.78 is 10.5. The highest BCUT2D eigenvalue weighted by molar-refractivity contribution is 5.99. The van der Waals surface area contributed by atoms with E-state index in [1.165, 1.54) is 7.11 Å². The van der Waals surface area contributed by atoms with Gasteiger partial charge in [-0.1, -0.05) is 38.0 Å². The van der Waals surface area contributed by atoms with Crippen molar-refractivity contribution in [3.8, 4) is 24.2 Å². The Morgan fingerprint density at radius 3 is 2.24 bits per heavy atom. The number of alkyl carbamates (subject to hydrolysis) is 1. The number of methoxy groups -OCH3 is 1. The van der Waals surface area contributed by atoms with E-state index in [9.17, 15) is 19.6 Å². The molecule has 0 aliphatic rings. The number of nitrogens with one attached hydrogen (secondary N) is 2. The van der Waals surface area contributed by atoms with Crippen molar-refractivity contribution >= 4 is 23.6 Å². The van der Waals surface area contributed by atoms with E-state index in [1.54, 1.807) is 83.1 Å². The predicted molar refractivity (Wildman–Crippen MR) is 144 cm³/mol. The molecule has 2 N–H and O–H groups in total. The van der Waals surface area contributed by atoms with E-state index in [4.69, 9.17) is 15.9 Å². The molecule has 2 aromatic rings. The molecule has 0 aromatic heterocycles. The predicted octanol–water partition coefficient (Wildman–Crippen LogP) is 4.26. The Morgan fingerprint density at radius 1 is 1.08 bits per heavy atom. The quantitative estimate of drug-likeness (QED) is 0.378. The second kappa shape index (κ2) is 13.2. The number of amides is 3. The number of hydrogen-bond donors (Lipinski definition) is 2. The zero-order valence-corrected chi connectivity index (χ0v) is 22.6. The highest BCUT2D eigenvalue weighted by Gasteiger charge is 2.38. The Kier molecular flexibility index (Phi) is 10.3. The topological polar surface area (TPSA) is 121 Å². The number of hydrogen-bond acceptors (Lipinski definition) is 6. The van der Waals surface area contributed by atoms with Crippen molar-refractivity contribution in [3.63, 3.8) is 0 Å². The van der Waals surface area contributed by atoms with Gasteiger partial charge >= 0.3 is 6.09 Å². The van der Waals surface area contributed by atoms with Crippen molar-refractivity contribution in [2.45, 2.75) is 52.3 Å². The van der Waals surface area contributed by atoms with Gasteiger partial charge in [0.05, 0.1) is 13.2 Å². The smallest absolute Gasteiger partial charge is 0.408 e. The SMILES string of the molecule is C#Cc1ccccc1C(C(=O)Nc1ccc(OC)cc1)N(CC#N)C(=O)C(NC(=O)OC(C)(C)C)C(C)C. The van der Waals surface area contributed by atoms with Crippen LogP contribution in [0.5, 0.6) is 5.75 Å². The number of carbonyl (C=O) groups is 3. The lowest BCUT2D eigenvalue weighted by Crippen LogP contribution is -2.54. The summed E-state index contributed by atoms with van der Waals surface area (Å²) in [4.78, 5) is 41.3. The molecule has 0 saturated carbocycles. The van der Waals surface area contributed by atoms with E-state index in [0.29, 0.717) is 22.6 Å². The van der Waals surface area contributed by atoms with Crippen LogP contribution >= 0.6 is 0 Å². The Hall–Kier alpha value is -4.50. The molecule has 3 amide bonds. The van der Waals surface area contributed by atoms with E-state index in [-0.39, 0.29) is 5.92 Å². The van der Waals surface area contributed by atoms with Crippen LogP contribution in [-0.4, -0.2) is 48.1 Å². The third kappa shape index (κ3) is 8.01. The molecule has 2 rings (SSSR count). The molecule has 200 valence electrons. The largest absolute Gasteiger partial charge is 0.497 e. The first kappa shape index (κ1) is 29.7. The average molecular weight is 519 g/mol. The zero-order valence-electron chi connectivity index (χ0n) is 22.6. The lowest BCUT2D eigenvalue weighted by molar-refractivity contribution is -0.140. The Bertz CT molecular complexity index is 1220. The van der Waals surface area contributed by atoms with Crippen LogP contribution in [0.4, 0.5) is 10.5 Å². The van der Waals surface area contributed by atoms with Gasteiger partial charge < -0.3 is 25.0 Å². The van der Waals surface area contributed by atoms with Crippen LogP contribution in [0.3, 0.4) is 0 Å². The number of rotatable bonds is 9. The van der Waals surface area contributed by atoms with Crippen molar-refractivity contribution in [3.05, 3.63) is 59.7 Å². The molecule has 2 unspecified atom stereocenters. The molecule has 0 bridgehead atoms. The summed E-state index contributed by atoms with van der Waals surface area (Å²) in [5.74, 6) is 1.55. The van der Waals surface area contributed by atoms with Gasteiger partial charge in [-0.05, 0) is 62.6 Å². The normalized spacial score (nSPS) is 12.3. The minimum atomic E-state index is -1.27. The maximum absolute atomic E-state index is 13.9. The Balaban J connectivity index is 2.54. The molecule has 2 atom stereocenters. The molecule has 0 spiro atoms. The second-order valence-electron chi connectivity index (χ2n) is 9.84. The van der Waals surface area contributed by atoms with Gasteiger partial charge in [0, 0.05) is 11.3 Å². The van der Waals surface area contributed by atoms with Crippen LogP contribution in [0.15, 0.2) is 48.5 Å². The molecule has 0 aliphatic heterocycles. The Morgan fingerprint density at radius 2 is 1.71 bits per heavy atom. The minimum absolute atomic E-state index is 0.365. The fourth-order valence-electron chi connectivity index (χ4n) is 3.70. The first-order chi connectivity index (χ1) is 17.9. The standard InChI is InChI=1S/C29H34N4O5/c1-8-20-11-9-10-12-23(20)25(26(34)31-21-13-15-22(37-7)16-14-21)33(18-17-30)27(35)24(19(2)3)32-28(36)38-29(4,5)6/h1,9-16,19,24-25H,18H2,2-7H3,(H,31,34)(H,32,36). The molecule has 9 nitrogen and oxygen atoms in total. The number of ether oxygens (including phenoxy) is 2. The van der Waals surface area contributed by atoms with Crippen LogP contribution in [0.2, 0.25) is 0 Å². The number of nitriles is 1. The van der Waals surface area contributed by atoms with Crippen LogP contribution in [0, 0.1) is 29.6 Å². The van der Waals surface area contributed by atoms with Crippen LogP contribution in [0.1, 0.15) is 51.8 Å². The molecule has 2 aromatic carbocycles. The number of nitrogens with zero attached hydrogens (tertiary/aromatic N) is 2. The summed E-state index contributed by atoms with van der Waals surface area (Å²) in [6.45, 7) is 8.17. The second-order valence-corrected chi connectivity index (χ2v) is 9.84. The summed E-state index contributed by atoms with van der Waals surface area (Å²) in [5.41, 5.74) is 0.424. The minimum Gasteiger partial charge on any atom is -0.497 e. The number of anilines is 1. The summed E-state index contributed by atoms with van der Waals surface area (Å²) in [6, 6.07) is 13.0. The molecule has 0 fully saturated rings. The van der Waals surface area contributed by atoms with Gasteiger partial charge in [0.1, 0.15) is 30.0 Å². The van der Waals surface area contributed by atoms with Gasteiger partial charge in [0.25, 0.3) is 5.91 Å². The van der Waals surface area contributed by atoms with E-state index < -0.39 is 42.1 Å². The van der Waals surface area contributed by atoms with Crippen molar-refractivity contribution < 1.29 is 23.9 Å². The third-order valence-corrected chi connectivity index (χ3v) is 5.46. The molecule has 9 heteroatoms. The van der Waals surface area contributed by atoms with Crippen molar-refractivity contribution in [2.75, 3.05) is 19.0 Å². The summed E-state index contributed by atoms with van der Waals surface area (Å²) in [6.07, 6.45) is 4.93. The van der Waals surface area contributed by atoms with Crippen molar-refractivity contribution in [2.24, 2.45) is 5.92 Å². The van der Waals surface area contributed by atoms with Crippen LogP contribution in [0.25, 0.3) is 0 Å². The highest BCUT2D eigenvalue weighted by Crippen LogP contribution is 2.28. The maximum atomic E-state index is 13.9. The molecular weight excluding hydrogens is 484 g/mol. The van der Waals surface area contributed by atoms with E-state index in [1.807, 2.05) is 6.07 Å². The van der Waals surface area contributed by atoms with Gasteiger partial charge in [0.15, 0.2) is 0 Å².